The van der Waals surface area contributed by atoms with Crippen LogP contribution in [0.15, 0.2) is 170 Å². The smallest absolute Gasteiger partial charge is 0.0562 e. The van der Waals surface area contributed by atoms with E-state index in [4.69, 9.17) is 0 Å². The Morgan fingerprint density at radius 3 is 1.74 bits per heavy atom. The minimum Gasteiger partial charge on any atom is -0.309 e. The van der Waals surface area contributed by atoms with Crippen molar-refractivity contribution in [2.24, 2.45) is 0 Å². The summed E-state index contributed by atoms with van der Waals surface area (Å²) in [5.74, 6) is 0. The fraction of sp³-hybridized carbons (Fsp3) is 0. The Kier molecular flexibility index (Phi) is 5.78. The van der Waals surface area contributed by atoms with Crippen LogP contribution in [0.3, 0.4) is 0 Å². The van der Waals surface area contributed by atoms with Crippen molar-refractivity contribution in [2.45, 2.75) is 0 Å². The minimum atomic E-state index is 1.12. The number of thiophene rings is 1. The lowest BCUT2D eigenvalue weighted by Gasteiger charge is -2.28. The van der Waals surface area contributed by atoms with Gasteiger partial charge >= 0.3 is 0 Å². The summed E-state index contributed by atoms with van der Waals surface area (Å²) in [6.45, 7) is 0. The Labute approximate surface area is 276 Å². The number of fused-ring (bicyclic) bond motifs is 9. The molecule has 0 aliphatic rings. The van der Waals surface area contributed by atoms with Crippen LogP contribution in [0.1, 0.15) is 0 Å². The number of anilines is 3. The maximum Gasteiger partial charge on any atom is 0.0562 e. The molecule has 10 rings (SSSR count). The fourth-order valence-corrected chi connectivity index (χ4v) is 8.74. The van der Waals surface area contributed by atoms with Gasteiger partial charge in [-0.3, -0.25) is 0 Å². The molecule has 0 saturated heterocycles. The molecule has 0 unspecified atom stereocenters. The molecule has 3 heteroatoms. The lowest BCUT2D eigenvalue weighted by atomic mass is 10.0. The average molecular weight is 617 g/mol. The van der Waals surface area contributed by atoms with Gasteiger partial charge in [-0.15, -0.1) is 11.3 Å². The molecule has 220 valence electrons. The van der Waals surface area contributed by atoms with Gasteiger partial charge in [0.15, 0.2) is 0 Å². The molecule has 10 aromatic rings. The predicted octanol–water partition coefficient (Wildman–Crippen LogP) is 12.9. The Morgan fingerprint density at radius 1 is 0.426 bits per heavy atom. The fourth-order valence-electron chi connectivity index (χ4n) is 7.48. The zero-order valence-electron chi connectivity index (χ0n) is 25.5. The van der Waals surface area contributed by atoms with Crippen molar-refractivity contribution in [3.8, 4) is 5.69 Å². The minimum absolute atomic E-state index is 1.12. The summed E-state index contributed by atoms with van der Waals surface area (Å²) >= 11 is 1.90. The average Bonchev–Trinajstić information content (AvgIpc) is 3.68. The molecular formula is C44H28N2S. The van der Waals surface area contributed by atoms with Crippen LogP contribution in [0.5, 0.6) is 0 Å². The molecule has 8 aromatic carbocycles. The van der Waals surface area contributed by atoms with E-state index in [2.05, 4.69) is 179 Å². The van der Waals surface area contributed by atoms with Gasteiger partial charge in [0, 0.05) is 53.1 Å². The maximum absolute atomic E-state index is 2.45. The van der Waals surface area contributed by atoms with Crippen LogP contribution < -0.4 is 4.90 Å². The van der Waals surface area contributed by atoms with E-state index >= 15 is 0 Å². The molecule has 0 atom stereocenters. The van der Waals surface area contributed by atoms with E-state index in [1.165, 1.54) is 63.5 Å². The molecule has 2 nitrogen and oxygen atoms in total. The first kappa shape index (κ1) is 26.3. The molecule has 0 fully saturated rings. The van der Waals surface area contributed by atoms with Crippen molar-refractivity contribution in [3.05, 3.63) is 170 Å². The molecule has 0 spiro atoms. The number of rotatable bonds is 4. The lowest BCUT2D eigenvalue weighted by molar-refractivity contribution is 1.18. The predicted molar refractivity (Wildman–Crippen MR) is 203 cm³/mol. The van der Waals surface area contributed by atoms with Gasteiger partial charge in [-0.05, 0) is 59.3 Å². The Balaban J connectivity index is 1.33. The quantitative estimate of drug-likeness (QED) is 0.191. The van der Waals surface area contributed by atoms with Crippen molar-refractivity contribution in [1.82, 2.24) is 4.57 Å². The summed E-state index contributed by atoms with van der Waals surface area (Å²) in [5.41, 5.74) is 7.02. The molecule has 0 saturated carbocycles. The van der Waals surface area contributed by atoms with Crippen LogP contribution >= 0.6 is 11.3 Å². The summed E-state index contributed by atoms with van der Waals surface area (Å²) in [6.07, 6.45) is 0. The third-order valence-electron chi connectivity index (χ3n) is 9.55. The van der Waals surface area contributed by atoms with Gasteiger partial charge < -0.3 is 9.47 Å². The number of hydrogen-bond acceptors (Lipinski definition) is 2. The highest BCUT2D eigenvalue weighted by molar-refractivity contribution is 7.26. The first-order valence-corrected chi connectivity index (χ1v) is 16.8. The van der Waals surface area contributed by atoms with E-state index in [1.807, 2.05) is 11.3 Å². The second-order valence-electron chi connectivity index (χ2n) is 12.1. The highest BCUT2D eigenvalue weighted by Gasteiger charge is 2.22. The van der Waals surface area contributed by atoms with Crippen LogP contribution in [0.4, 0.5) is 17.1 Å². The van der Waals surface area contributed by atoms with Crippen LogP contribution in [0.2, 0.25) is 0 Å². The molecule has 0 aliphatic heterocycles. The Morgan fingerprint density at radius 2 is 1.02 bits per heavy atom. The largest absolute Gasteiger partial charge is 0.309 e. The van der Waals surface area contributed by atoms with Crippen molar-refractivity contribution >= 4 is 91.9 Å². The van der Waals surface area contributed by atoms with E-state index in [0.717, 1.165) is 22.7 Å². The number of nitrogens with zero attached hydrogens (tertiary/aromatic N) is 2. The highest BCUT2D eigenvalue weighted by atomic mass is 32.1. The molecule has 0 amide bonds. The van der Waals surface area contributed by atoms with Crippen molar-refractivity contribution in [2.75, 3.05) is 4.90 Å². The number of benzene rings is 8. The second kappa shape index (κ2) is 10.3. The summed E-state index contributed by atoms with van der Waals surface area (Å²) < 4.78 is 5.11. The van der Waals surface area contributed by atoms with Gasteiger partial charge in [-0.2, -0.15) is 0 Å². The van der Waals surface area contributed by atoms with Gasteiger partial charge in [-0.25, -0.2) is 0 Å². The summed E-state index contributed by atoms with van der Waals surface area (Å²) in [4.78, 5) is 2.45. The molecule has 0 N–H and O–H groups in total. The SMILES string of the molecule is c1ccc(-n2c3cc(N(c4cccc5ccccc45)c4cccc5ccccc45)ccc3c3c4sc5ccccc5c4ccc32)cc1. The third kappa shape index (κ3) is 3.97. The molecule has 2 heterocycles. The van der Waals surface area contributed by atoms with Gasteiger partial charge in [0.2, 0.25) is 0 Å². The number of aromatic nitrogens is 1. The summed E-state index contributed by atoms with van der Waals surface area (Å²) in [7, 11) is 0. The van der Waals surface area contributed by atoms with Crippen molar-refractivity contribution < 1.29 is 0 Å². The van der Waals surface area contributed by atoms with E-state index in [1.54, 1.807) is 0 Å². The molecule has 2 aromatic heterocycles. The van der Waals surface area contributed by atoms with Crippen LogP contribution in [0, 0.1) is 0 Å². The second-order valence-corrected chi connectivity index (χ2v) is 13.2. The van der Waals surface area contributed by atoms with E-state index in [0.29, 0.717) is 0 Å². The molecule has 0 aliphatic carbocycles. The van der Waals surface area contributed by atoms with Gasteiger partial charge in [0.1, 0.15) is 0 Å². The van der Waals surface area contributed by atoms with Crippen molar-refractivity contribution in [1.29, 1.82) is 0 Å². The van der Waals surface area contributed by atoms with Crippen LogP contribution in [-0.2, 0) is 0 Å². The third-order valence-corrected chi connectivity index (χ3v) is 10.7. The lowest BCUT2D eigenvalue weighted by Crippen LogP contribution is -2.11. The van der Waals surface area contributed by atoms with Gasteiger partial charge in [-0.1, -0.05) is 121 Å². The molecule has 47 heavy (non-hydrogen) atoms. The van der Waals surface area contributed by atoms with Crippen molar-refractivity contribution in [3.63, 3.8) is 0 Å². The maximum atomic E-state index is 2.45. The van der Waals surface area contributed by atoms with Gasteiger partial charge in [0.05, 0.1) is 22.4 Å². The highest BCUT2D eigenvalue weighted by Crippen LogP contribution is 2.46. The zero-order valence-corrected chi connectivity index (χ0v) is 26.3. The topological polar surface area (TPSA) is 8.17 Å². The summed E-state index contributed by atoms with van der Waals surface area (Å²) in [6, 6.07) is 61.9. The van der Waals surface area contributed by atoms with Gasteiger partial charge in [0.25, 0.3) is 0 Å². The number of hydrogen-bond donors (Lipinski definition) is 0. The van der Waals surface area contributed by atoms with Crippen LogP contribution in [-0.4, -0.2) is 4.57 Å². The van der Waals surface area contributed by atoms with E-state index in [-0.39, 0.29) is 0 Å². The first-order valence-electron chi connectivity index (χ1n) is 16.0. The van der Waals surface area contributed by atoms with E-state index < -0.39 is 0 Å². The molecule has 0 radical (unpaired) electrons. The summed E-state index contributed by atoms with van der Waals surface area (Å²) in [5, 5.41) is 10.1. The Bertz CT molecular complexity index is 2720. The first-order chi connectivity index (χ1) is 23.3. The van der Waals surface area contributed by atoms with Crippen LogP contribution in [0.25, 0.3) is 69.2 Å². The normalized spacial score (nSPS) is 11.8. The standard InChI is InChI=1S/C44H28N2S/c1-2-16-31(17-3-1)45-40-27-26-36-35-20-8-9-23-42(35)47-44(36)43(40)37-25-24-32(28-41(37)45)46(38-21-10-14-29-12-4-6-18-33(29)38)39-22-11-15-30-13-5-7-19-34(30)39/h1-28H. The zero-order chi connectivity index (χ0) is 30.9. The van der Waals surface area contributed by atoms with E-state index in [9.17, 15) is 0 Å². The molecule has 0 bridgehead atoms. The number of para-hydroxylation sites is 1. The molecular weight excluding hydrogens is 589 g/mol. The monoisotopic (exact) mass is 616 g/mol. The Hall–Kier alpha value is -5.90.